The Morgan fingerprint density at radius 3 is 2.27 bits per heavy atom. The van der Waals surface area contributed by atoms with Crippen LogP contribution < -0.4 is 5.32 Å². The molecule has 9 nitrogen and oxygen atoms in total. The quantitative estimate of drug-likeness (QED) is 0.235. The maximum absolute atomic E-state index is 13.4. The Balaban J connectivity index is 1.78. The standard InChI is InChI=1S/C32H42F3N3O6S/c1-18(2)26(38(5)28(40)15-22-7-8-22)16-27(44-20(4)39)30-37-25(17-45-30)29(41)36-24(13-19(3)31(42)43-6)14-21-9-11-23(12-10-21)32(33,34)35/h9-12,17-19,22,24,26-27H,7-8,13-16H2,1-6H3,(H,36,41)/t19-,24+,26?,27+/m0/s1. The summed E-state index contributed by atoms with van der Waals surface area (Å²) in [5.41, 5.74) is -0.181. The Morgan fingerprint density at radius 2 is 1.73 bits per heavy atom. The Hall–Kier alpha value is -3.48. The van der Waals surface area contributed by atoms with Crippen LogP contribution >= 0.6 is 11.3 Å². The molecule has 0 spiro atoms. The number of hydrogen-bond donors (Lipinski definition) is 1. The number of amides is 2. The molecule has 1 unspecified atom stereocenters. The molecule has 0 saturated heterocycles. The SMILES string of the molecule is COC(=O)[C@@H](C)C[C@H](Cc1ccc(C(F)(F)F)cc1)NC(=O)c1csc([C@@H](CC(C(C)C)N(C)C(=O)CC2CC2)OC(C)=O)n1. The molecule has 2 amide bonds. The molecule has 1 saturated carbocycles. The summed E-state index contributed by atoms with van der Waals surface area (Å²) in [7, 11) is 3.01. The molecule has 3 rings (SSSR count). The Morgan fingerprint density at radius 1 is 1.09 bits per heavy atom. The first-order valence-corrected chi connectivity index (χ1v) is 15.9. The highest BCUT2D eigenvalue weighted by Crippen LogP contribution is 2.35. The molecule has 1 aromatic heterocycles. The summed E-state index contributed by atoms with van der Waals surface area (Å²) in [5.74, 6) is -1.63. The molecule has 1 aromatic carbocycles. The number of rotatable bonds is 15. The van der Waals surface area contributed by atoms with Gasteiger partial charge < -0.3 is 19.7 Å². The molecule has 45 heavy (non-hydrogen) atoms. The van der Waals surface area contributed by atoms with Gasteiger partial charge in [0.25, 0.3) is 5.91 Å². The van der Waals surface area contributed by atoms with Gasteiger partial charge >= 0.3 is 18.1 Å². The van der Waals surface area contributed by atoms with E-state index >= 15 is 0 Å². The van der Waals surface area contributed by atoms with Crippen molar-refractivity contribution in [3.63, 3.8) is 0 Å². The number of nitrogens with zero attached hydrogens (tertiary/aromatic N) is 2. The molecule has 1 N–H and O–H groups in total. The lowest BCUT2D eigenvalue weighted by Gasteiger charge is -2.33. The fraction of sp³-hybridized carbons (Fsp3) is 0.594. The van der Waals surface area contributed by atoms with Crippen LogP contribution in [0.2, 0.25) is 0 Å². The number of hydrogen-bond acceptors (Lipinski definition) is 8. The van der Waals surface area contributed by atoms with E-state index < -0.39 is 47.6 Å². The van der Waals surface area contributed by atoms with Gasteiger partial charge in [0.2, 0.25) is 5.91 Å². The summed E-state index contributed by atoms with van der Waals surface area (Å²) >= 11 is 1.15. The zero-order valence-corrected chi connectivity index (χ0v) is 27.3. The van der Waals surface area contributed by atoms with Gasteiger partial charge in [-0.2, -0.15) is 13.2 Å². The summed E-state index contributed by atoms with van der Waals surface area (Å²) in [6, 6.07) is 3.76. The van der Waals surface area contributed by atoms with Gasteiger partial charge in [-0.1, -0.05) is 32.9 Å². The Kier molecular flexibility index (Phi) is 12.5. The number of esters is 2. The molecule has 1 aliphatic carbocycles. The second kappa shape index (κ2) is 15.7. The van der Waals surface area contributed by atoms with E-state index in [4.69, 9.17) is 9.47 Å². The minimum Gasteiger partial charge on any atom is -0.469 e. The summed E-state index contributed by atoms with van der Waals surface area (Å²) in [5, 5.41) is 4.79. The van der Waals surface area contributed by atoms with E-state index in [0.29, 0.717) is 29.3 Å². The van der Waals surface area contributed by atoms with Gasteiger partial charge in [0.15, 0.2) is 6.10 Å². The molecule has 1 heterocycles. The second-order valence-electron chi connectivity index (χ2n) is 12.1. The highest BCUT2D eigenvalue weighted by molar-refractivity contribution is 7.09. The zero-order valence-electron chi connectivity index (χ0n) is 26.5. The van der Waals surface area contributed by atoms with Gasteiger partial charge in [-0.05, 0) is 55.2 Å². The van der Waals surface area contributed by atoms with E-state index in [2.05, 4.69) is 10.3 Å². The lowest BCUT2D eigenvalue weighted by atomic mass is 9.95. The summed E-state index contributed by atoms with van der Waals surface area (Å²) in [6.07, 6.45) is -2.04. The number of halogens is 3. The van der Waals surface area contributed by atoms with Crippen LogP contribution in [0.25, 0.3) is 0 Å². The minimum absolute atomic E-state index is 0.0391. The van der Waals surface area contributed by atoms with Crippen LogP contribution in [0.4, 0.5) is 13.2 Å². The number of nitrogens with one attached hydrogen (secondary N) is 1. The van der Waals surface area contributed by atoms with Gasteiger partial charge in [-0.3, -0.25) is 19.2 Å². The monoisotopic (exact) mass is 653 g/mol. The third kappa shape index (κ3) is 10.8. The maximum Gasteiger partial charge on any atom is 0.416 e. The van der Waals surface area contributed by atoms with Crippen molar-refractivity contribution in [2.45, 2.75) is 90.6 Å². The van der Waals surface area contributed by atoms with Crippen molar-refractivity contribution in [1.29, 1.82) is 0 Å². The van der Waals surface area contributed by atoms with Crippen molar-refractivity contribution < 1.29 is 41.8 Å². The predicted octanol–water partition coefficient (Wildman–Crippen LogP) is 5.98. The van der Waals surface area contributed by atoms with Gasteiger partial charge in [-0.15, -0.1) is 11.3 Å². The lowest BCUT2D eigenvalue weighted by molar-refractivity contribution is -0.148. The largest absolute Gasteiger partial charge is 0.469 e. The first kappa shape index (κ1) is 36.0. The van der Waals surface area contributed by atoms with Gasteiger partial charge in [0, 0.05) is 44.3 Å². The molecule has 0 aliphatic heterocycles. The molecule has 13 heteroatoms. The van der Waals surface area contributed by atoms with Gasteiger partial charge in [0.05, 0.1) is 18.6 Å². The number of alkyl halides is 3. The first-order valence-electron chi connectivity index (χ1n) is 15.0. The van der Waals surface area contributed by atoms with Crippen LogP contribution in [0.5, 0.6) is 0 Å². The van der Waals surface area contributed by atoms with E-state index in [0.717, 1.165) is 36.3 Å². The molecular formula is C32H42F3N3O6S. The van der Waals surface area contributed by atoms with Crippen LogP contribution in [0.1, 0.15) is 92.5 Å². The lowest BCUT2D eigenvalue weighted by Crippen LogP contribution is -2.42. The van der Waals surface area contributed by atoms with Crippen molar-refractivity contribution in [2.24, 2.45) is 17.8 Å². The van der Waals surface area contributed by atoms with E-state index in [9.17, 15) is 32.3 Å². The molecule has 0 radical (unpaired) electrons. The number of methoxy groups -OCH3 is 1. The van der Waals surface area contributed by atoms with Gasteiger partial charge in [-0.25, -0.2) is 4.98 Å². The van der Waals surface area contributed by atoms with Crippen LogP contribution in [0, 0.1) is 17.8 Å². The van der Waals surface area contributed by atoms with E-state index in [1.807, 2.05) is 13.8 Å². The number of benzene rings is 1. The fourth-order valence-electron chi connectivity index (χ4n) is 5.23. The molecule has 2 aromatic rings. The summed E-state index contributed by atoms with van der Waals surface area (Å²) in [4.78, 5) is 56.6. The van der Waals surface area contributed by atoms with Crippen LogP contribution in [0.3, 0.4) is 0 Å². The number of carbonyl (C=O) groups is 4. The van der Waals surface area contributed by atoms with Crippen LogP contribution in [-0.4, -0.2) is 59.9 Å². The van der Waals surface area contributed by atoms with E-state index in [-0.39, 0.29) is 36.4 Å². The molecule has 1 aliphatic rings. The smallest absolute Gasteiger partial charge is 0.416 e. The normalized spacial score (nSPS) is 16.0. The van der Waals surface area contributed by atoms with E-state index in [1.54, 1.807) is 18.9 Å². The first-order chi connectivity index (χ1) is 21.1. The predicted molar refractivity (Wildman–Crippen MR) is 162 cm³/mol. The Labute approximate surface area is 265 Å². The van der Waals surface area contributed by atoms with Gasteiger partial charge in [0.1, 0.15) is 10.7 Å². The molecule has 4 atom stereocenters. The maximum atomic E-state index is 13.4. The highest BCUT2D eigenvalue weighted by atomic mass is 32.1. The molecule has 1 fully saturated rings. The molecule has 248 valence electrons. The molecule has 0 bridgehead atoms. The van der Waals surface area contributed by atoms with Crippen molar-refractivity contribution in [3.8, 4) is 0 Å². The third-order valence-corrected chi connectivity index (χ3v) is 8.89. The average Bonchev–Trinajstić information content (AvgIpc) is 3.64. The topological polar surface area (TPSA) is 115 Å². The van der Waals surface area contributed by atoms with Crippen molar-refractivity contribution >= 4 is 35.1 Å². The average molecular weight is 654 g/mol. The zero-order chi connectivity index (χ0) is 33.5. The number of carbonyl (C=O) groups excluding carboxylic acids is 4. The van der Waals surface area contributed by atoms with Crippen molar-refractivity contribution in [2.75, 3.05) is 14.2 Å². The second-order valence-corrected chi connectivity index (χ2v) is 13.0. The fourth-order valence-corrected chi connectivity index (χ4v) is 6.06. The number of ether oxygens (including phenoxy) is 2. The van der Waals surface area contributed by atoms with Crippen molar-refractivity contribution in [3.05, 3.63) is 51.5 Å². The van der Waals surface area contributed by atoms with Crippen LogP contribution in [0.15, 0.2) is 29.6 Å². The summed E-state index contributed by atoms with van der Waals surface area (Å²) < 4.78 is 49.6. The Bertz CT molecular complexity index is 1330. The number of thiazole rings is 1. The molecular weight excluding hydrogens is 611 g/mol. The number of aromatic nitrogens is 1. The third-order valence-electron chi connectivity index (χ3n) is 7.95. The highest BCUT2D eigenvalue weighted by Gasteiger charge is 2.34. The minimum atomic E-state index is -4.48. The van der Waals surface area contributed by atoms with Crippen molar-refractivity contribution in [1.82, 2.24) is 15.2 Å². The summed E-state index contributed by atoms with van der Waals surface area (Å²) in [6.45, 7) is 6.90. The van der Waals surface area contributed by atoms with Crippen LogP contribution in [-0.2, 0) is 36.5 Å². The van der Waals surface area contributed by atoms with E-state index in [1.165, 1.54) is 31.5 Å².